The van der Waals surface area contributed by atoms with Gasteiger partial charge in [0.25, 0.3) is 0 Å². The topological polar surface area (TPSA) is 78.4 Å². The van der Waals surface area contributed by atoms with E-state index in [0.29, 0.717) is 11.8 Å². The molecule has 0 aromatic carbocycles. The highest BCUT2D eigenvalue weighted by molar-refractivity contribution is 7.99. The number of rotatable bonds is 9. The fraction of sp³-hybridized carbons (Fsp3) is 0.857. The fourth-order valence-corrected chi connectivity index (χ4v) is 3.43. The van der Waals surface area contributed by atoms with E-state index >= 15 is 0 Å². The molecule has 3 N–H and O–H groups in total. The predicted octanol–water partition coefficient (Wildman–Crippen LogP) is 2.61. The van der Waals surface area contributed by atoms with Gasteiger partial charge in [0.15, 0.2) is 0 Å². The maximum absolute atomic E-state index is 11.6. The molecule has 0 aliphatic carbocycles. The normalized spacial score (nSPS) is 18.5. The van der Waals surface area contributed by atoms with Crippen molar-refractivity contribution < 1.29 is 14.7 Å². The van der Waals surface area contributed by atoms with Crippen molar-refractivity contribution in [1.29, 1.82) is 0 Å². The molecule has 1 aliphatic heterocycles. The standard InChI is InChI=1S/C14H26N2O3S/c17-13(18)8-3-1-2-5-9-15-14(19)16-11-12-7-4-6-10-20-12/h12H,1-11H2,(H,17,18)(H2,15,16,19). The van der Waals surface area contributed by atoms with Crippen LogP contribution in [0.3, 0.4) is 0 Å². The molecule has 1 atom stereocenters. The summed E-state index contributed by atoms with van der Waals surface area (Å²) in [4.78, 5) is 21.9. The molecule has 1 fully saturated rings. The van der Waals surface area contributed by atoms with Gasteiger partial charge in [-0.05, 0) is 31.4 Å². The highest BCUT2D eigenvalue weighted by Crippen LogP contribution is 2.24. The molecular weight excluding hydrogens is 276 g/mol. The molecule has 1 aliphatic rings. The number of nitrogens with one attached hydrogen (secondary N) is 2. The summed E-state index contributed by atoms with van der Waals surface area (Å²) in [5.41, 5.74) is 0. The molecule has 0 aromatic heterocycles. The zero-order chi connectivity index (χ0) is 14.6. The fourth-order valence-electron chi connectivity index (χ4n) is 2.19. The number of thioether (sulfide) groups is 1. The third-order valence-corrected chi connectivity index (χ3v) is 4.77. The van der Waals surface area contributed by atoms with E-state index in [1.165, 1.54) is 25.0 Å². The zero-order valence-corrected chi connectivity index (χ0v) is 12.8. The van der Waals surface area contributed by atoms with Gasteiger partial charge < -0.3 is 15.7 Å². The molecule has 2 amide bonds. The van der Waals surface area contributed by atoms with E-state index in [1.807, 2.05) is 11.8 Å². The largest absolute Gasteiger partial charge is 0.481 e. The molecule has 1 unspecified atom stereocenters. The Kier molecular flexibility index (Phi) is 9.28. The third-order valence-electron chi connectivity index (χ3n) is 3.37. The lowest BCUT2D eigenvalue weighted by molar-refractivity contribution is -0.137. The Labute approximate surface area is 125 Å². The third kappa shape index (κ3) is 9.07. The van der Waals surface area contributed by atoms with Crippen LogP contribution >= 0.6 is 11.8 Å². The first-order valence-corrected chi connectivity index (χ1v) is 8.58. The zero-order valence-electron chi connectivity index (χ0n) is 12.0. The Bertz CT molecular complexity index is 294. The molecule has 1 heterocycles. The van der Waals surface area contributed by atoms with Gasteiger partial charge in [-0.3, -0.25) is 4.79 Å². The van der Waals surface area contributed by atoms with Crippen molar-refractivity contribution in [3.63, 3.8) is 0 Å². The number of hydrogen-bond acceptors (Lipinski definition) is 3. The minimum atomic E-state index is -0.733. The van der Waals surface area contributed by atoms with Crippen LogP contribution in [-0.4, -0.2) is 41.2 Å². The second kappa shape index (κ2) is 10.8. The van der Waals surface area contributed by atoms with E-state index in [0.717, 1.165) is 32.2 Å². The quantitative estimate of drug-likeness (QED) is 0.572. The Morgan fingerprint density at radius 2 is 1.90 bits per heavy atom. The van der Waals surface area contributed by atoms with Crippen LogP contribution < -0.4 is 10.6 Å². The van der Waals surface area contributed by atoms with E-state index in [1.54, 1.807) is 0 Å². The molecule has 116 valence electrons. The van der Waals surface area contributed by atoms with E-state index in [4.69, 9.17) is 5.11 Å². The molecule has 6 heteroatoms. The van der Waals surface area contributed by atoms with Gasteiger partial charge in [0.2, 0.25) is 0 Å². The number of aliphatic carboxylic acids is 1. The van der Waals surface area contributed by atoms with Crippen molar-refractivity contribution >= 4 is 23.8 Å². The summed E-state index contributed by atoms with van der Waals surface area (Å²) in [6, 6.07) is -0.0818. The van der Waals surface area contributed by atoms with Crippen LogP contribution in [0.2, 0.25) is 0 Å². The number of hydrogen-bond donors (Lipinski definition) is 3. The lowest BCUT2D eigenvalue weighted by Gasteiger charge is -2.21. The smallest absolute Gasteiger partial charge is 0.314 e. The number of urea groups is 1. The summed E-state index contributed by atoms with van der Waals surface area (Å²) in [7, 11) is 0. The Morgan fingerprint density at radius 1 is 1.10 bits per heavy atom. The Balaban J connectivity index is 1.88. The maximum Gasteiger partial charge on any atom is 0.314 e. The van der Waals surface area contributed by atoms with Crippen molar-refractivity contribution in [1.82, 2.24) is 10.6 Å². The lowest BCUT2D eigenvalue weighted by atomic mass is 10.1. The molecule has 20 heavy (non-hydrogen) atoms. The van der Waals surface area contributed by atoms with Crippen molar-refractivity contribution in [2.45, 2.75) is 56.6 Å². The van der Waals surface area contributed by atoms with Crippen LogP contribution in [0.25, 0.3) is 0 Å². The first kappa shape index (κ1) is 17.1. The molecule has 0 spiro atoms. The van der Waals surface area contributed by atoms with Crippen molar-refractivity contribution in [2.75, 3.05) is 18.8 Å². The second-order valence-electron chi connectivity index (χ2n) is 5.18. The van der Waals surface area contributed by atoms with E-state index in [2.05, 4.69) is 10.6 Å². The number of carboxylic acid groups (broad SMARTS) is 1. The first-order chi connectivity index (χ1) is 9.68. The summed E-state index contributed by atoms with van der Waals surface area (Å²) >= 11 is 1.95. The van der Waals surface area contributed by atoms with Gasteiger partial charge in [0.1, 0.15) is 0 Å². The number of carbonyl (C=O) groups excluding carboxylic acids is 1. The highest BCUT2D eigenvalue weighted by atomic mass is 32.2. The number of carbonyl (C=O) groups is 2. The number of unbranched alkanes of at least 4 members (excludes halogenated alkanes) is 3. The van der Waals surface area contributed by atoms with Crippen molar-refractivity contribution in [3.05, 3.63) is 0 Å². The predicted molar refractivity (Wildman–Crippen MR) is 82.2 cm³/mol. The van der Waals surface area contributed by atoms with Gasteiger partial charge in [0.05, 0.1) is 0 Å². The minimum Gasteiger partial charge on any atom is -0.481 e. The van der Waals surface area contributed by atoms with Gasteiger partial charge in [-0.15, -0.1) is 0 Å². The van der Waals surface area contributed by atoms with Gasteiger partial charge in [-0.2, -0.15) is 11.8 Å². The molecule has 0 aromatic rings. The van der Waals surface area contributed by atoms with Gasteiger partial charge in [-0.1, -0.05) is 19.3 Å². The molecule has 5 nitrogen and oxygen atoms in total. The number of amides is 2. The van der Waals surface area contributed by atoms with Crippen LogP contribution in [-0.2, 0) is 4.79 Å². The average Bonchev–Trinajstić information content (AvgIpc) is 2.45. The van der Waals surface area contributed by atoms with Gasteiger partial charge >= 0.3 is 12.0 Å². The first-order valence-electron chi connectivity index (χ1n) is 7.53. The lowest BCUT2D eigenvalue weighted by Crippen LogP contribution is -2.39. The minimum absolute atomic E-state index is 0.0818. The van der Waals surface area contributed by atoms with Gasteiger partial charge in [0, 0.05) is 24.8 Å². The molecule has 0 saturated carbocycles. The van der Waals surface area contributed by atoms with Crippen molar-refractivity contribution in [3.8, 4) is 0 Å². The maximum atomic E-state index is 11.6. The second-order valence-corrected chi connectivity index (χ2v) is 6.59. The van der Waals surface area contributed by atoms with E-state index in [9.17, 15) is 9.59 Å². The van der Waals surface area contributed by atoms with Crippen LogP contribution in [0.1, 0.15) is 51.4 Å². The Hall–Kier alpha value is -0.910. The van der Waals surface area contributed by atoms with Crippen LogP contribution in [0.15, 0.2) is 0 Å². The SMILES string of the molecule is O=C(O)CCCCCCNC(=O)NCC1CCCCS1. The molecular formula is C14H26N2O3S. The summed E-state index contributed by atoms with van der Waals surface area (Å²) in [5, 5.41) is 14.8. The van der Waals surface area contributed by atoms with Crippen LogP contribution in [0, 0.1) is 0 Å². The van der Waals surface area contributed by atoms with Crippen LogP contribution in [0.5, 0.6) is 0 Å². The van der Waals surface area contributed by atoms with E-state index < -0.39 is 5.97 Å². The molecule has 1 saturated heterocycles. The average molecular weight is 302 g/mol. The molecule has 0 bridgehead atoms. The monoisotopic (exact) mass is 302 g/mol. The Morgan fingerprint density at radius 3 is 2.60 bits per heavy atom. The van der Waals surface area contributed by atoms with E-state index in [-0.39, 0.29) is 12.5 Å². The van der Waals surface area contributed by atoms with Crippen LogP contribution in [0.4, 0.5) is 4.79 Å². The van der Waals surface area contributed by atoms with Gasteiger partial charge in [-0.25, -0.2) is 4.79 Å². The number of carboxylic acids is 1. The molecule has 0 radical (unpaired) electrons. The molecule has 1 rings (SSSR count). The van der Waals surface area contributed by atoms with Crippen molar-refractivity contribution in [2.24, 2.45) is 0 Å². The summed E-state index contributed by atoms with van der Waals surface area (Å²) in [6.07, 6.45) is 7.53. The summed E-state index contributed by atoms with van der Waals surface area (Å²) in [5.74, 6) is 0.479. The highest BCUT2D eigenvalue weighted by Gasteiger charge is 2.14. The summed E-state index contributed by atoms with van der Waals surface area (Å²) in [6.45, 7) is 1.42. The summed E-state index contributed by atoms with van der Waals surface area (Å²) < 4.78 is 0.